The van der Waals surface area contributed by atoms with Crippen LogP contribution in [-0.2, 0) is 0 Å². The van der Waals surface area contributed by atoms with Crippen LogP contribution in [0.4, 0.5) is 10.5 Å². The number of anilines is 1. The maximum atomic E-state index is 12.5. The van der Waals surface area contributed by atoms with E-state index in [9.17, 15) is 4.79 Å². The van der Waals surface area contributed by atoms with Crippen LogP contribution in [0.25, 0.3) is 6.08 Å². The summed E-state index contributed by atoms with van der Waals surface area (Å²) in [6.45, 7) is 4.43. The number of pyridine rings is 1. The molecule has 5 heteroatoms. The fourth-order valence-corrected chi connectivity index (χ4v) is 3.75. The first-order chi connectivity index (χ1) is 14.2. The number of piperidine rings is 1. The van der Waals surface area contributed by atoms with Crippen LogP contribution in [0.15, 0.2) is 54.4 Å². The predicted molar refractivity (Wildman–Crippen MR) is 116 cm³/mol. The van der Waals surface area contributed by atoms with E-state index in [4.69, 9.17) is 4.74 Å². The number of carbonyl (C=O) groups excluding carboxylic acids is 1. The molecular formula is C24H29N3O2. The van der Waals surface area contributed by atoms with Gasteiger partial charge >= 0.3 is 6.03 Å². The Balaban J connectivity index is 1.33. The maximum absolute atomic E-state index is 12.5. The number of rotatable bonds is 6. The van der Waals surface area contributed by atoms with Crippen molar-refractivity contribution in [2.24, 2.45) is 11.8 Å². The Morgan fingerprint density at radius 3 is 2.97 bits per heavy atom. The van der Waals surface area contributed by atoms with Crippen molar-refractivity contribution in [1.29, 1.82) is 0 Å². The number of hydrogen-bond donors (Lipinski definition) is 1. The normalized spacial score (nSPS) is 20.5. The van der Waals surface area contributed by atoms with Crippen molar-refractivity contribution < 1.29 is 9.53 Å². The first kappa shape index (κ1) is 19.5. The molecule has 1 atom stereocenters. The number of carbonyl (C=O) groups is 1. The van der Waals surface area contributed by atoms with E-state index in [1.165, 1.54) is 30.4 Å². The Labute approximate surface area is 172 Å². The Kier molecular flexibility index (Phi) is 6.13. The molecule has 29 heavy (non-hydrogen) atoms. The monoisotopic (exact) mass is 391 g/mol. The zero-order chi connectivity index (χ0) is 20.1. The third kappa shape index (κ3) is 5.59. The van der Waals surface area contributed by atoms with E-state index in [1.54, 1.807) is 12.4 Å². The van der Waals surface area contributed by atoms with Crippen LogP contribution >= 0.6 is 0 Å². The average Bonchev–Trinajstić information content (AvgIpc) is 3.55. The molecule has 1 unspecified atom stereocenters. The van der Waals surface area contributed by atoms with E-state index in [2.05, 4.69) is 41.5 Å². The molecule has 5 nitrogen and oxygen atoms in total. The molecule has 2 fully saturated rings. The highest BCUT2D eigenvalue weighted by atomic mass is 16.5. The highest BCUT2D eigenvalue weighted by Gasteiger charge is 2.24. The molecule has 1 saturated heterocycles. The van der Waals surface area contributed by atoms with Crippen molar-refractivity contribution in [2.45, 2.75) is 32.6 Å². The van der Waals surface area contributed by atoms with Crippen LogP contribution in [0.1, 0.15) is 38.2 Å². The van der Waals surface area contributed by atoms with E-state index < -0.39 is 0 Å². The summed E-state index contributed by atoms with van der Waals surface area (Å²) in [7, 11) is 0. The molecule has 2 amide bonds. The number of aromatic nitrogens is 1. The van der Waals surface area contributed by atoms with Gasteiger partial charge in [0.15, 0.2) is 0 Å². The number of nitrogens with one attached hydrogen (secondary N) is 1. The number of ether oxygens (including phenoxy) is 1. The molecule has 2 heterocycles. The molecule has 1 aliphatic heterocycles. The standard InChI is InChI=1S/C24H29N3O2/c1-18-17-27(24(28)26-22-5-3-11-25-16-22)12-9-21(18)14-20-4-2-6-23(15-20)29-13-10-19-7-8-19/h2-6,11,14-16,18-19H,7-10,12-13,17H2,1H3,(H,26,28)/b21-14+. The molecule has 0 spiro atoms. The van der Waals surface area contributed by atoms with Crippen molar-refractivity contribution in [2.75, 3.05) is 25.0 Å². The second-order valence-electron chi connectivity index (χ2n) is 8.14. The van der Waals surface area contributed by atoms with Gasteiger partial charge in [-0.2, -0.15) is 0 Å². The molecule has 0 bridgehead atoms. The lowest BCUT2D eigenvalue weighted by Gasteiger charge is -2.33. The van der Waals surface area contributed by atoms with Crippen LogP contribution in [-0.4, -0.2) is 35.6 Å². The van der Waals surface area contributed by atoms with Crippen LogP contribution in [0.2, 0.25) is 0 Å². The zero-order valence-electron chi connectivity index (χ0n) is 17.0. The first-order valence-electron chi connectivity index (χ1n) is 10.6. The summed E-state index contributed by atoms with van der Waals surface area (Å²) in [4.78, 5) is 18.4. The second-order valence-corrected chi connectivity index (χ2v) is 8.14. The number of likely N-dealkylation sites (tertiary alicyclic amines) is 1. The molecule has 152 valence electrons. The summed E-state index contributed by atoms with van der Waals surface area (Å²) in [6.07, 6.45) is 10.4. The molecule has 2 aromatic rings. The molecule has 1 aromatic heterocycles. The van der Waals surface area contributed by atoms with E-state index in [1.807, 2.05) is 23.1 Å². The summed E-state index contributed by atoms with van der Waals surface area (Å²) < 4.78 is 5.92. The smallest absolute Gasteiger partial charge is 0.321 e. The molecule has 2 aliphatic rings. The topological polar surface area (TPSA) is 54.5 Å². The quantitative estimate of drug-likeness (QED) is 0.735. The molecule has 1 saturated carbocycles. The van der Waals surface area contributed by atoms with Gasteiger partial charge in [0.2, 0.25) is 0 Å². The van der Waals surface area contributed by atoms with Gasteiger partial charge in [-0.05, 0) is 54.5 Å². The molecule has 0 radical (unpaired) electrons. The number of urea groups is 1. The molecule has 1 aliphatic carbocycles. The summed E-state index contributed by atoms with van der Waals surface area (Å²) >= 11 is 0. The van der Waals surface area contributed by atoms with E-state index in [-0.39, 0.29) is 6.03 Å². The van der Waals surface area contributed by atoms with Gasteiger partial charge in [0.1, 0.15) is 5.75 Å². The van der Waals surface area contributed by atoms with Crippen molar-refractivity contribution in [3.8, 4) is 5.75 Å². The number of amides is 2. The molecule has 4 rings (SSSR count). The highest BCUT2D eigenvalue weighted by Crippen LogP contribution is 2.32. The van der Waals surface area contributed by atoms with Gasteiger partial charge in [-0.25, -0.2) is 4.79 Å². The fraction of sp³-hybridized carbons (Fsp3) is 0.417. The fourth-order valence-electron chi connectivity index (χ4n) is 3.75. The third-order valence-corrected chi connectivity index (χ3v) is 5.70. The van der Waals surface area contributed by atoms with Gasteiger partial charge < -0.3 is 15.0 Å². The summed E-state index contributed by atoms with van der Waals surface area (Å²) in [5.41, 5.74) is 3.28. The van der Waals surface area contributed by atoms with E-state index >= 15 is 0 Å². The first-order valence-corrected chi connectivity index (χ1v) is 10.6. The van der Waals surface area contributed by atoms with Gasteiger partial charge in [0.25, 0.3) is 0 Å². The number of nitrogens with zero attached hydrogens (tertiary/aromatic N) is 2. The summed E-state index contributed by atoms with van der Waals surface area (Å²) in [5.74, 6) is 2.16. The Hall–Kier alpha value is -2.82. The third-order valence-electron chi connectivity index (χ3n) is 5.70. The van der Waals surface area contributed by atoms with Crippen LogP contribution in [0, 0.1) is 11.8 Å². The van der Waals surface area contributed by atoms with Crippen molar-refractivity contribution in [1.82, 2.24) is 9.88 Å². The van der Waals surface area contributed by atoms with E-state index in [0.29, 0.717) is 5.92 Å². The van der Waals surface area contributed by atoms with Crippen LogP contribution < -0.4 is 10.1 Å². The molecule has 1 N–H and O–H groups in total. The molecular weight excluding hydrogens is 362 g/mol. The van der Waals surface area contributed by atoms with Crippen molar-refractivity contribution in [3.63, 3.8) is 0 Å². The summed E-state index contributed by atoms with van der Waals surface area (Å²) in [6, 6.07) is 11.9. The maximum Gasteiger partial charge on any atom is 0.321 e. The Morgan fingerprint density at radius 2 is 2.21 bits per heavy atom. The lowest BCUT2D eigenvalue weighted by Crippen LogP contribution is -2.42. The zero-order valence-corrected chi connectivity index (χ0v) is 17.0. The number of benzene rings is 1. The highest BCUT2D eigenvalue weighted by molar-refractivity contribution is 5.89. The number of hydrogen-bond acceptors (Lipinski definition) is 3. The minimum absolute atomic E-state index is 0.0602. The van der Waals surface area contributed by atoms with Gasteiger partial charge in [-0.3, -0.25) is 4.98 Å². The van der Waals surface area contributed by atoms with Gasteiger partial charge in [-0.15, -0.1) is 0 Å². The second kappa shape index (κ2) is 9.12. The van der Waals surface area contributed by atoms with E-state index in [0.717, 1.165) is 43.5 Å². The average molecular weight is 392 g/mol. The largest absolute Gasteiger partial charge is 0.494 e. The van der Waals surface area contributed by atoms with Crippen LogP contribution in [0.5, 0.6) is 5.75 Å². The Morgan fingerprint density at radius 1 is 1.31 bits per heavy atom. The van der Waals surface area contributed by atoms with Gasteiger partial charge in [0.05, 0.1) is 18.5 Å². The lowest BCUT2D eigenvalue weighted by molar-refractivity contribution is 0.198. The van der Waals surface area contributed by atoms with Crippen LogP contribution in [0.3, 0.4) is 0 Å². The lowest BCUT2D eigenvalue weighted by atomic mass is 9.91. The minimum atomic E-state index is -0.0602. The summed E-state index contributed by atoms with van der Waals surface area (Å²) in [5, 5.41) is 2.92. The van der Waals surface area contributed by atoms with Crippen molar-refractivity contribution in [3.05, 3.63) is 59.9 Å². The SMILES string of the molecule is CC1CN(C(=O)Nc2cccnc2)CC/C1=C\c1cccc(OCCC2CC2)c1. The van der Waals surface area contributed by atoms with Gasteiger partial charge in [0, 0.05) is 19.3 Å². The minimum Gasteiger partial charge on any atom is -0.494 e. The van der Waals surface area contributed by atoms with Crippen molar-refractivity contribution >= 4 is 17.8 Å². The molecule has 1 aromatic carbocycles. The Bertz CT molecular complexity index is 861. The predicted octanol–water partition coefficient (Wildman–Crippen LogP) is 5.22. The van der Waals surface area contributed by atoms with Gasteiger partial charge in [-0.1, -0.05) is 43.5 Å².